The lowest BCUT2D eigenvalue weighted by Gasteiger charge is -2.46. The number of hydrogen-bond donors (Lipinski definition) is 1. The Morgan fingerprint density at radius 3 is 2.52 bits per heavy atom. The Bertz CT molecular complexity index is 444. The SMILES string of the molecule is CCC(=O)N(c1ccccc1)C1(COOC)CCNCC1. The van der Waals surface area contributed by atoms with Crippen molar-refractivity contribution < 1.29 is 14.6 Å². The number of nitrogens with zero attached hydrogens (tertiary/aromatic N) is 1. The van der Waals surface area contributed by atoms with Crippen molar-refractivity contribution in [3.05, 3.63) is 30.3 Å². The number of amides is 1. The molecule has 1 aliphatic heterocycles. The van der Waals surface area contributed by atoms with Crippen LogP contribution in [0.2, 0.25) is 0 Å². The number of carbonyl (C=O) groups is 1. The molecule has 0 bridgehead atoms. The van der Waals surface area contributed by atoms with Crippen LogP contribution in [0.3, 0.4) is 0 Å². The van der Waals surface area contributed by atoms with Crippen LogP contribution in [-0.4, -0.2) is 38.3 Å². The quantitative estimate of drug-likeness (QED) is 0.644. The van der Waals surface area contributed by atoms with E-state index in [2.05, 4.69) is 5.32 Å². The minimum Gasteiger partial charge on any atom is -0.317 e. The van der Waals surface area contributed by atoms with Crippen molar-refractivity contribution in [1.29, 1.82) is 0 Å². The summed E-state index contributed by atoms with van der Waals surface area (Å²) in [7, 11) is 1.50. The molecule has 21 heavy (non-hydrogen) atoms. The molecule has 0 spiro atoms. The summed E-state index contributed by atoms with van der Waals surface area (Å²) in [6.45, 7) is 4.01. The van der Waals surface area contributed by atoms with Gasteiger partial charge in [-0.2, -0.15) is 0 Å². The number of carbonyl (C=O) groups excluding carboxylic acids is 1. The van der Waals surface area contributed by atoms with Crippen LogP contribution >= 0.6 is 0 Å². The molecule has 0 unspecified atom stereocenters. The van der Waals surface area contributed by atoms with Gasteiger partial charge >= 0.3 is 0 Å². The minimum absolute atomic E-state index is 0.114. The second-order valence-corrected chi connectivity index (χ2v) is 5.32. The highest BCUT2D eigenvalue weighted by Gasteiger charge is 2.41. The third kappa shape index (κ3) is 3.61. The monoisotopic (exact) mass is 292 g/mol. The van der Waals surface area contributed by atoms with Crippen molar-refractivity contribution >= 4 is 11.6 Å². The Labute approximate surface area is 126 Å². The van der Waals surface area contributed by atoms with Gasteiger partial charge in [0.05, 0.1) is 12.6 Å². The predicted molar refractivity (Wildman–Crippen MR) is 82.0 cm³/mol. The summed E-state index contributed by atoms with van der Waals surface area (Å²) in [5.74, 6) is 0.114. The molecule has 0 aromatic heterocycles. The van der Waals surface area contributed by atoms with Gasteiger partial charge in [0.1, 0.15) is 6.61 Å². The summed E-state index contributed by atoms with van der Waals surface area (Å²) < 4.78 is 0. The van der Waals surface area contributed by atoms with E-state index in [1.807, 2.05) is 42.2 Å². The van der Waals surface area contributed by atoms with Gasteiger partial charge in [-0.3, -0.25) is 4.79 Å². The van der Waals surface area contributed by atoms with Gasteiger partial charge < -0.3 is 10.2 Å². The van der Waals surface area contributed by atoms with E-state index in [-0.39, 0.29) is 11.4 Å². The number of benzene rings is 1. The summed E-state index contributed by atoms with van der Waals surface area (Å²) in [6, 6.07) is 9.82. The molecule has 1 aliphatic rings. The van der Waals surface area contributed by atoms with Gasteiger partial charge in [-0.1, -0.05) is 25.1 Å². The van der Waals surface area contributed by atoms with Crippen molar-refractivity contribution in [2.75, 3.05) is 31.7 Å². The highest BCUT2D eigenvalue weighted by molar-refractivity contribution is 5.94. The molecule has 1 aromatic rings. The zero-order valence-corrected chi connectivity index (χ0v) is 12.8. The number of hydrogen-bond acceptors (Lipinski definition) is 4. The lowest BCUT2D eigenvalue weighted by Crippen LogP contribution is -2.59. The first-order valence-corrected chi connectivity index (χ1v) is 7.48. The molecule has 2 rings (SSSR count). The summed E-state index contributed by atoms with van der Waals surface area (Å²) in [4.78, 5) is 24.6. The fourth-order valence-corrected chi connectivity index (χ4v) is 2.91. The molecule has 1 N–H and O–H groups in total. The molecule has 0 aliphatic carbocycles. The van der Waals surface area contributed by atoms with Crippen molar-refractivity contribution in [2.24, 2.45) is 0 Å². The van der Waals surface area contributed by atoms with E-state index >= 15 is 0 Å². The van der Waals surface area contributed by atoms with Crippen LogP contribution in [0.15, 0.2) is 30.3 Å². The Balaban J connectivity index is 2.37. The third-order valence-corrected chi connectivity index (χ3v) is 4.02. The Hall–Kier alpha value is -1.43. The first-order valence-electron chi connectivity index (χ1n) is 7.48. The standard InChI is InChI=1S/C16H24N2O3/c1-3-15(19)18(14-7-5-4-6-8-14)16(13-21-20-2)9-11-17-12-10-16/h4-8,17H,3,9-13H2,1-2H3. The first kappa shape index (κ1) is 15.9. The van der Waals surface area contributed by atoms with Crippen LogP contribution < -0.4 is 10.2 Å². The molecule has 5 heteroatoms. The van der Waals surface area contributed by atoms with E-state index in [0.29, 0.717) is 13.0 Å². The summed E-state index contributed by atoms with van der Waals surface area (Å²) >= 11 is 0. The van der Waals surface area contributed by atoms with Crippen molar-refractivity contribution in [3.63, 3.8) is 0 Å². The van der Waals surface area contributed by atoms with Gasteiger partial charge in [-0.15, -0.1) is 0 Å². The van der Waals surface area contributed by atoms with Crippen molar-refractivity contribution in [3.8, 4) is 0 Å². The zero-order chi connectivity index (χ0) is 15.1. The molecule has 0 radical (unpaired) electrons. The normalized spacial score (nSPS) is 17.4. The average molecular weight is 292 g/mol. The molecular weight excluding hydrogens is 268 g/mol. The van der Waals surface area contributed by atoms with Crippen LogP contribution in [0, 0.1) is 0 Å². The molecule has 5 nitrogen and oxygen atoms in total. The summed E-state index contributed by atoms with van der Waals surface area (Å²) in [5.41, 5.74) is 0.571. The molecule has 1 amide bonds. The van der Waals surface area contributed by atoms with Crippen LogP contribution in [0.4, 0.5) is 5.69 Å². The molecule has 1 heterocycles. The maximum Gasteiger partial charge on any atom is 0.227 e. The maximum absolute atomic E-state index is 12.6. The third-order valence-electron chi connectivity index (χ3n) is 4.02. The lowest BCUT2D eigenvalue weighted by atomic mass is 9.86. The average Bonchev–Trinajstić information content (AvgIpc) is 2.55. The number of rotatable bonds is 6. The van der Waals surface area contributed by atoms with Gasteiger partial charge in [0.25, 0.3) is 0 Å². The highest BCUT2D eigenvalue weighted by atomic mass is 17.2. The molecule has 116 valence electrons. The molecule has 1 fully saturated rings. The van der Waals surface area contributed by atoms with Gasteiger partial charge in [-0.05, 0) is 38.1 Å². The molecular formula is C16H24N2O3. The highest BCUT2D eigenvalue weighted by Crippen LogP contribution is 2.32. The van der Waals surface area contributed by atoms with E-state index in [4.69, 9.17) is 9.78 Å². The molecule has 1 aromatic carbocycles. The minimum atomic E-state index is -0.351. The fraction of sp³-hybridized carbons (Fsp3) is 0.562. The van der Waals surface area contributed by atoms with Gasteiger partial charge in [0.15, 0.2) is 0 Å². The van der Waals surface area contributed by atoms with E-state index < -0.39 is 0 Å². The lowest BCUT2D eigenvalue weighted by molar-refractivity contribution is -0.282. The topological polar surface area (TPSA) is 50.8 Å². The van der Waals surface area contributed by atoms with Crippen LogP contribution in [0.5, 0.6) is 0 Å². The Morgan fingerprint density at radius 1 is 1.29 bits per heavy atom. The first-order chi connectivity index (χ1) is 10.2. The zero-order valence-electron chi connectivity index (χ0n) is 12.8. The number of anilines is 1. The summed E-state index contributed by atoms with van der Waals surface area (Å²) in [6.07, 6.45) is 2.16. The van der Waals surface area contributed by atoms with E-state index in [1.54, 1.807) is 0 Å². The largest absolute Gasteiger partial charge is 0.317 e. The molecule has 1 saturated heterocycles. The van der Waals surface area contributed by atoms with Crippen LogP contribution in [-0.2, 0) is 14.6 Å². The molecule has 0 saturated carbocycles. The number of para-hydroxylation sites is 1. The fourth-order valence-electron chi connectivity index (χ4n) is 2.91. The smallest absolute Gasteiger partial charge is 0.227 e. The van der Waals surface area contributed by atoms with E-state index in [1.165, 1.54) is 7.11 Å². The number of piperidine rings is 1. The van der Waals surface area contributed by atoms with E-state index in [0.717, 1.165) is 31.6 Å². The summed E-state index contributed by atoms with van der Waals surface area (Å²) in [5, 5.41) is 3.34. The maximum atomic E-state index is 12.6. The van der Waals surface area contributed by atoms with Gasteiger partial charge in [0.2, 0.25) is 5.91 Å². The van der Waals surface area contributed by atoms with Crippen molar-refractivity contribution in [1.82, 2.24) is 5.32 Å². The number of nitrogens with one attached hydrogen (secondary N) is 1. The second-order valence-electron chi connectivity index (χ2n) is 5.32. The molecule has 0 atom stereocenters. The Kier molecular flexibility index (Phi) is 5.73. The van der Waals surface area contributed by atoms with Crippen molar-refractivity contribution in [2.45, 2.75) is 31.7 Å². The second kappa shape index (κ2) is 7.54. The Morgan fingerprint density at radius 2 is 1.95 bits per heavy atom. The van der Waals surface area contributed by atoms with Gasteiger partial charge in [-0.25, -0.2) is 9.78 Å². The van der Waals surface area contributed by atoms with Gasteiger partial charge in [0, 0.05) is 12.1 Å². The van der Waals surface area contributed by atoms with E-state index in [9.17, 15) is 4.79 Å². The van der Waals surface area contributed by atoms with Crippen LogP contribution in [0.25, 0.3) is 0 Å². The van der Waals surface area contributed by atoms with Crippen LogP contribution in [0.1, 0.15) is 26.2 Å². The predicted octanol–water partition coefficient (Wildman–Crippen LogP) is 2.13.